The molecule has 0 aliphatic heterocycles. The van der Waals surface area contributed by atoms with Gasteiger partial charge in [0.15, 0.2) is 0 Å². The molecule has 0 spiro atoms. The Balaban J connectivity index is 2.76. The van der Waals surface area contributed by atoms with Crippen LogP contribution in [0.2, 0.25) is 0 Å². The van der Waals surface area contributed by atoms with Crippen LogP contribution in [0.1, 0.15) is 6.92 Å². The number of nitrogens with zero attached hydrogens (tertiary/aromatic N) is 1. The normalized spacial score (nSPS) is 12.3. The summed E-state index contributed by atoms with van der Waals surface area (Å²) in [6.45, 7) is 3.04. The van der Waals surface area contributed by atoms with E-state index in [2.05, 4.69) is 4.90 Å². The maximum absolute atomic E-state index is 9.00. The molecule has 0 aromatic heterocycles. The van der Waals surface area contributed by atoms with Crippen LogP contribution in [0.5, 0.6) is 5.75 Å². The van der Waals surface area contributed by atoms with Crippen LogP contribution >= 0.6 is 0 Å². The number of anilines is 1. The fourth-order valence-electron chi connectivity index (χ4n) is 1.57. The van der Waals surface area contributed by atoms with Crippen LogP contribution in [0.15, 0.2) is 24.3 Å². The largest absolute Gasteiger partial charge is 0.495 e. The highest BCUT2D eigenvalue weighted by Crippen LogP contribution is 2.26. The van der Waals surface area contributed by atoms with E-state index in [0.717, 1.165) is 18.0 Å². The van der Waals surface area contributed by atoms with Gasteiger partial charge in [-0.05, 0) is 18.1 Å². The summed E-state index contributed by atoms with van der Waals surface area (Å²) in [5.41, 5.74) is 1.06. The lowest BCUT2D eigenvalue weighted by atomic mass is 10.1. The van der Waals surface area contributed by atoms with Crippen LogP contribution in [0.3, 0.4) is 0 Å². The zero-order valence-corrected chi connectivity index (χ0v) is 9.60. The third kappa shape index (κ3) is 3.13. The zero-order valence-electron chi connectivity index (χ0n) is 9.60. The lowest BCUT2D eigenvalue weighted by Gasteiger charge is -2.24. The highest BCUT2D eigenvalue weighted by atomic mass is 16.5. The van der Waals surface area contributed by atoms with Crippen LogP contribution in [0, 0.1) is 5.92 Å². The molecule has 0 heterocycles. The summed E-state index contributed by atoms with van der Waals surface area (Å²) < 4.78 is 5.28. The Morgan fingerprint density at radius 3 is 2.67 bits per heavy atom. The lowest BCUT2D eigenvalue weighted by molar-refractivity contribution is 0.240. The fourth-order valence-corrected chi connectivity index (χ4v) is 1.57. The second kappa shape index (κ2) is 5.61. The molecule has 3 nitrogen and oxygen atoms in total. The SMILES string of the molecule is COc1ccccc1N(C)CC(C)CO. The molecule has 0 radical (unpaired) electrons. The Labute approximate surface area is 91.3 Å². The van der Waals surface area contributed by atoms with Crippen LogP contribution in [0.25, 0.3) is 0 Å². The van der Waals surface area contributed by atoms with Gasteiger partial charge in [0.25, 0.3) is 0 Å². The standard InChI is InChI=1S/C12H19NO2/c1-10(9-14)8-13(2)11-6-4-5-7-12(11)15-3/h4-7,10,14H,8-9H2,1-3H3. The highest BCUT2D eigenvalue weighted by Gasteiger charge is 2.09. The van der Waals surface area contributed by atoms with Gasteiger partial charge < -0.3 is 14.7 Å². The molecule has 84 valence electrons. The monoisotopic (exact) mass is 209 g/mol. The minimum Gasteiger partial charge on any atom is -0.495 e. The van der Waals surface area contributed by atoms with Crippen LogP contribution in [-0.2, 0) is 0 Å². The molecule has 1 unspecified atom stereocenters. The van der Waals surface area contributed by atoms with E-state index in [-0.39, 0.29) is 12.5 Å². The molecule has 1 N–H and O–H groups in total. The van der Waals surface area contributed by atoms with Crippen molar-refractivity contribution in [3.63, 3.8) is 0 Å². The third-order valence-corrected chi connectivity index (χ3v) is 2.39. The molecule has 1 atom stereocenters. The van der Waals surface area contributed by atoms with Crippen molar-refractivity contribution in [2.45, 2.75) is 6.92 Å². The van der Waals surface area contributed by atoms with Crippen molar-refractivity contribution in [3.8, 4) is 5.75 Å². The van der Waals surface area contributed by atoms with Gasteiger partial charge in [-0.25, -0.2) is 0 Å². The predicted octanol–water partition coefficient (Wildman–Crippen LogP) is 1.76. The van der Waals surface area contributed by atoms with E-state index in [4.69, 9.17) is 9.84 Å². The zero-order chi connectivity index (χ0) is 11.3. The summed E-state index contributed by atoms with van der Waals surface area (Å²) in [7, 11) is 3.67. The minimum absolute atomic E-state index is 0.208. The summed E-state index contributed by atoms with van der Waals surface area (Å²) in [5, 5.41) is 9.00. The maximum atomic E-state index is 9.00. The molecule has 0 saturated carbocycles. The van der Waals surface area contributed by atoms with Crippen molar-refractivity contribution >= 4 is 5.69 Å². The summed E-state index contributed by atoms with van der Waals surface area (Å²) >= 11 is 0. The number of hydrogen-bond acceptors (Lipinski definition) is 3. The van der Waals surface area contributed by atoms with E-state index in [1.54, 1.807) is 7.11 Å². The Morgan fingerprint density at radius 1 is 1.40 bits per heavy atom. The molecule has 1 rings (SSSR count). The van der Waals surface area contributed by atoms with E-state index >= 15 is 0 Å². The molecule has 3 heteroatoms. The van der Waals surface area contributed by atoms with E-state index < -0.39 is 0 Å². The lowest BCUT2D eigenvalue weighted by Crippen LogP contribution is -2.26. The molecule has 0 aliphatic rings. The molecule has 15 heavy (non-hydrogen) atoms. The van der Waals surface area contributed by atoms with Crippen molar-refractivity contribution in [2.24, 2.45) is 5.92 Å². The van der Waals surface area contributed by atoms with E-state index in [1.165, 1.54) is 0 Å². The maximum Gasteiger partial charge on any atom is 0.142 e. The first-order valence-corrected chi connectivity index (χ1v) is 5.14. The summed E-state index contributed by atoms with van der Waals surface area (Å²) in [5.74, 6) is 1.13. The Hall–Kier alpha value is -1.22. The smallest absolute Gasteiger partial charge is 0.142 e. The molecule has 0 aliphatic carbocycles. The molecule has 0 fully saturated rings. The van der Waals surface area contributed by atoms with E-state index in [1.807, 2.05) is 38.2 Å². The Morgan fingerprint density at radius 2 is 2.07 bits per heavy atom. The van der Waals surface area contributed by atoms with Gasteiger partial charge >= 0.3 is 0 Å². The molecular formula is C12H19NO2. The van der Waals surface area contributed by atoms with E-state index in [0.29, 0.717) is 0 Å². The first-order chi connectivity index (χ1) is 7.19. The molecule has 1 aromatic carbocycles. The molecule has 0 saturated heterocycles. The Bertz CT molecular complexity index is 301. The van der Waals surface area contributed by atoms with Crippen LogP contribution in [-0.4, -0.2) is 32.4 Å². The van der Waals surface area contributed by atoms with Crippen molar-refractivity contribution in [1.29, 1.82) is 0 Å². The number of benzene rings is 1. The van der Waals surface area contributed by atoms with Gasteiger partial charge in [-0.1, -0.05) is 19.1 Å². The van der Waals surface area contributed by atoms with E-state index in [9.17, 15) is 0 Å². The van der Waals surface area contributed by atoms with Crippen molar-refractivity contribution < 1.29 is 9.84 Å². The second-order valence-corrected chi connectivity index (χ2v) is 3.84. The summed E-state index contributed by atoms with van der Waals surface area (Å²) in [4.78, 5) is 2.10. The van der Waals surface area contributed by atoms with Crippen LogP contribution in [0.4, 0.5) is 5.69 Å². The number of hydrogen-bond donors (Lipinski definition) is 1. The average molecular weight is 209 g/mol. The molecule has 1 aromatic rings. The molecule has 0 amide bonds. The van der Waals surface area contributed by atoms with Crippen molar-refractivity contribution in [1.82, 2.24) is 0 Å². The van der Waals surface area contributed by atoms with Gasteiger partial charge in [0.1, 0.15) is 5.75 Å². The van der Waals surface area contributed by atoms with Gasteiger partial charge in [0, 0.05) is 20.2 Å². The van der Waals surface area contributed by atoms with Gasteiger partial charge in [0.2, 0.25) is 0 Å². The van der Waals surface area contributed by atoms with Gasteiger partial charge in [-0.2, -0.15) is 0 Å². The minimum atomic E-state index is 0.208. The second-order valence-electron chi connectivity index (χ2n) is 3.84. The number of ether oxygens (including phenoxy) is 1. The van der Waals surface area contributed by atoms with Gasteiger partial charge in [-0.3, -0.25) is 0 Å². The third-order valence-electron chi connectivity index (χ3n) is 2.39. The predicted molar refractivity (Wildman–Crippen MR) is 62.5 cm³/mol. The van der Waals surface area contributed by atoms with Crippen molar-refractivity contribution in [2.75, 3.05) is 32.2 Å². The quantitative estimate of drug-likeness (QED) is 0.802. The number of aliphatic hydroxyl groups excluding tert-OH is 1. The molecular weight excluding hydrogens is 190 g/mol. The summed E-state index contributed by atoms with van der Waals surface area (Å²) in [6, 6.07) is 7.89. The molecule has 0 bridgehead atoms. The first-order valence-electron chi connectivity index (χ1n) is 5.14. The highest BCUT2D eigenvalue weighted by molar-refractivity contribution is 5.57. The van der Waals surface area contributed by atoms with Crippen LogP contribution < -0.4 is 9.64 Å². The topological polar surface area (TPSA) is 32.7 Å². The average Bonchev–Trinajstić information content (AvgIpc) is 2.28. The van der Waals surface area contributed by atoms with Gasteiger partial charge in [-0.15, -0.1) is 0 Å². The van der Waals surface area contributed by atoms with Gasteiger partial charge in [0.05, 0.1) is 12.8 Å². The number of methoxy groups -OCH3 is 1. The Kier molecular flexibility index (Phi) is 4.43. The number of aliphatic hydroxyl groups is 1. The number of rotatable bonds is 5. The fraction of sp³-hybridized carbons (Fsp3) is 0.500. The number of para-hydroxylation sites is 2. The summed E-state index contributed by atoms with van der Waals surface area (Å²) in [6.07, 6.45) is 0. The first kappa shape index (κ1) is 11.9. The van der Waals surface area contributed by atoms with Crippen molar-refractivity contribution in [3.05, 3.63) is 24.3 Å².